The van der Waals surface area contributed by atoms with Crippen LogP contribution in [0.4, 0.5) is 10.5 Å². The van der Waals surface area contributed by atoms with Gasteiger partial charge >= 0.3 is 6.03 Å². The molecule has 3 rings (SSSR count). The molecule has 0 spiro atoms. The van der Waals surface area contributed by atoms with Gasteiger partial charge in [-0.25, -0.2) is 4.79 Å². The third-order valence-electron chi connectivity index (χ3n) is 4.93. The number of rotatable bonds is 6. The Labute approximate surface area is 171 Å². The van der Waals surface area contributed by atoms with Crippen LogP contribution in [0.2, 0.25) is 0 Å². The zero-order valence-corrected chi connectivity index (χ0v) is 16.7. The maximum absolute atomic E-state index is 12.9. The number of benzene rings is 1. The van der Waals surface area contributed by atoms with Crippen LogP contribution in [0, 0.1) is 6.92 Å². The topological polar surface area (TPSA) is 104 Å². The summed E-state index contributed by atoms with van der Waals surface area (Å²) in [6, 6.07) is 10.7. The van der Waals surface area contributed by atoms with Gasteiger partial charge in [0.15, 0.2) is 0 Å². The first-order chi connectivity index (χ1) is 14.1. The van der Waals surface area contributed by atoms with Crippen molar-refractivity contribution in [1.82, 2.24) is 20.1 Å². The molecular formula is C21H28N6O2. The second-order valence-corrected chi connectivity index (χ2v) is 7.18. The average Bonchev–Trinajstić information content (AvgIpc) is 2.74. The number of aromatic nitrogens is 1. The third-order valence-corrected chi connectivity index (χ3v) is 4.93. The van der Waals surface area contributed by atoms with Gasteiger partial charge < -0.3 is 21.3 Å². The number of anilines is 1. The fourth-order valence-corrected chi connectivity index (χ4v) is 3.34. The van der Waals surface area contributed by atoms with Crippen LogP contribution in [0.5, 0.6) is 0 Å². The Kier molecular flexibility index (Phi) is 7.15. The van der Waals surface area contributed by atoms with Gasteiger partial charge in [-0.2, -0.15) is 0 Å². The van der Waals surface area contributed by atoms with E-state index < -0.39 is 6.04 Å². The number of nitrogens with one attached hydrogen (secondary N) is 2. The van der Waals surface area contributed by atoms with Crippen LogP contribution in [-0.2, 0) is 11.3 Å². The van der Waals surface area contributed by atoms with E-state index in [0.717, 1.165) is 11.1 Å². The molecule has 4 N–H and O–H groups in total. The molecule has 2 heterocycles. The SMILES string of the molecule is Cc1ccc(NC(=O)N2CCN(Cc3ccncc3)CC2C(=O)NCCN)cc1. The summed E-state index contributed by atoms with van der Waals surface area (Å²) >= 11 is 0. The van der Waals surface area contributed by atoms with Crippen LogP contribution in [0.15, 0.2) is 48.8 Å². The highest BCUT2D eigenvalue weighted by Gasteiger charge is 2.35. The highest BCUT2D eigenvalue weighted by Crippen LogP contribution is 2.16. The lowest BCUT2D eigenvalue weighted by Crippen LogP contribution is -2.61. The third kappa shape index (κ3) is 5.75. The summed E-state index contributed by atoms with van der Waals surface area (Å²) in [6.07, 6.45) is 3.51. The Balaban J connectivity index is 1.69. The summed E-state index contributed by atoms with van der Waals surface area (Å²) in [5.41, 5.74) is 8.47. The van der Waals surface area contributed by atoms with Crippen molar-refractivity contribution in [3.05, 3.63) is 59.9 Å². The Morgan fingerprint density at radius 1 is 1.14 bits per heavy atom. The van der Waals surface area contributed by atoms with Gasteiger partial charge in [0.1, 0.15) is 6.04 Å². The molecule has 154 valence electrons. The van der Waals surface area contributed by atoms with Crippen LogP contribution >= 0.6 is 0 Å². The molecule has 1 atom stereocenters. The Bertz CT molecular complexity index is 812. The molecule has 0 saturated carbocycles. The number of carbonyl (C=O) groups is 2. The highest BCUT2D eigenvalue weighted by atomic mass is 16.2. The minimum absolute atomic E-state index is 0.186. The van der Waals surface area contributed by atoms with E-state index in [2.05, 4.69) is 20.5 Å². The second-order valence-electron chi connectivity index (χ2n) is 7.18. The number of carbonyl (C=O) groups excluding carboxylic acids is 2. The first-order valence-corrected chi connectivity index (χ1v) is 9.80. The predicted octanol–water partition coefficient (Wildman–Crippen LogP) is 1.18. The Morgan fingerprint density at radius 2 is 1.86 bits per heavy atom. The molecule has 0 aliphatic carbocycles. The molecule has 1 unspecified atom stereocenters. The van der Waals surface area contributed by atoms with Gasteiger partial charge in [0.2, 0.25) is 5.91 Å². The van der Waals surface area contributed by atoms with Crippen LogP contribution < -0.4 is 16.4 Å². The lowest BCUT2D eigenvalue weighted by molar-refractivity contribution is -0.127. The molecule has 3 amide bonds. The molecule has 1 saturated heterocycles. The first kappa shape index (κ1) is 20.8. The van der Waals surface area contributed by atoms with Crippen molar-refractivity contribution >= 4 is 17.6 Å². The lowest BCUT2D eigenvalue weighted by Gasteiger charge is -2.40. The van der Waals surface area contributed by atoms with Gasteiger partial charge in [0.25, 0.3) is 0 Å². The van der Waals surface area contributed by atoms with Gasteiger partial charge in [-0.1, -0.05) is 17.7 Å². The van der Waals surface area contributed by atoms with E-state index >= 15 is 0 Å². The van der Waals surface area contributed by atoms with Crippen LogP contribution in [0.1, 0.15) is 11.1 Å². The monoisotopic (exact) mass is 396 g/mol. The highest BCUT2D eigenvalue weighted by molar-refractivity contribution is 5.94. The van der Waals surface area contributed by atoms with Crippen molar-refractivity contribution in [2.24, 2.45) is 5.73 Å². The van der Waals surface area contributed by atoms with E-state index in [1.54, 1.807) is 17.3 Å². The van der Waals surface area contributed by atoms with E-state index in [-0.39, 0.29) is 11.9 Å². The normalized spacial score (nSPS) is 17.0. The molecule has 8 nitrogen and oxygen atoms in total. The summed E-state index contributed by atoms with van der Waals surface area (Å²) < 4.78 is 0. The number of hydrogen-bond donors (Lipinski definition) is 3. The van der Waals surface area contributed by atoms with E-state index in [4.69, 9.17) is 5.73 Å². The molecule has 1 aliphatic rings. The lowest BCUT2D eigenvalue weighted by atomic mass is 10.1. The number of urea groups is 1. The van der Waals surface area contributed by atoms with Crippen molar-refractivity contribution in [2.45, 2.75) is 19.5 Å². The molecule has 0 radical (unpaired) electrons. The second kappa shape index (κ2) is 9.99. The number of nitrogens with two attached hydrogens (primary N) is 1. The fraction of sp³-hybridized carbons (Fsp3) is 0.381. The van der Waals surface area contributed by atoms with E-state index in [0.29, 0.717) is 45.0 Å². The molecule has 1 fully saturated rings. The van der Waals surface area contributed by atoms with Crippen LogP contribution in [0.3, 0.4) is 0 Å². The minimum atomic E-state index is -0.581. The summed E-state index contributed by atoms with van der Waals surface area (Å²) in [7, 11) is 0. The first-order valence-electron chi connectivity index (χ1n) is 9.80. The number of piperazine rings is 1. The van der Waals surface area contributed by atoms with Gasteiger partial charge in [0, 0.05) is 57.3 Å². The zero-order chi connectivity index (χ0) is 20.6. The maximum atomic E-state index is 12.9. The zero-order valence-electron chi connectivity index (χ0n) is 16.7. The van der Waals surface area contributed by atoms with E-state index in [1.165, 1.54) is 0 Å². The van der Waals surface area contributed by atoms with Gasteiger partial charge in [-0.15, -0.1) is 0 Å². The van der Waals surface area contributed by atoms with Crippen molar-refractivity contribution < 1.29 is 9.59 Å². The summed E-state index contributed by atoms with van der Waals surface area (Å²) in [5.74, 6) is -0.186. The number of amides is 3. The van der Waals surface area contributed by atoms with E-state index in [9.17, 15) is 9.59 Å². The molecule has 8 heteroatoms. The predicted molar refractivity (Wildman–Crippen MR) is 112 cm³/mol. The number of nitrogens with zero attached hydrogens (tertiary/aromatic N) is 3. The van der Waals surface area contributed by atoms with Crippen molar-refractivity contribution in [1.29, 1.82) is 0 Å². The summed E-state index contributed by atoms with van der Waals surface area (Å²) in [5, 5.41) is 5.72. The van der Waals surface area contributed by atoms with Gasteiger partial charge in [0.05, 0.1) is 0 Å². The fourth-order valence-electron chi connectivity index (χ4n) is 3.34. The standard InChI is InChI=1S/C21H28N6O2/c1-16-2-4-18(5-3-16)25-21(29)27-13-12-26(14-17-6-9-23-10-7-17)15-19(27)20(28)24-11-8-22/h2-7,9-10,19H,8,11-15,22H2,1H3,(H,24,28)(H,25,29). The molecule has 1 aliphatic heterocycles. The largest absolute Gasteiger partial charge is 0.353 e. The Morgan fingerprint density at radius 3 is 2.55 bits per heavy atom. The molecule has 0 bridgehead atoms. The van der Waals surface area contributed by atoms with E-state index in [1.807, 2.05) is 43.3 Å². The molecule has 2 aromatic rings. The molecule has 1 aromatic heterocycles. The molecule has 1 aromatic carbocycles. The summed E-state index contributed by atoms with van der Waals surface area (Å²) in [6.45, 7) is 5.04. The Hall–Kier alpha value is -2.97. The van der Waals surface area contributed by atoms with Crippen molar-refractivity contribution in [3.63, 3.8) is 0 Å². The summed E-state index contributed by atoms with van der Waals surface area (Å²) in [4.78, 5) is 33.5. The molecule has 29 heavy (non-hydrogen) atoms. The molecular weight excluding hydrogens is 368 g/mol. The van der Waals surface area contributed by atoms with Crippen LogP contribution in [0.25, 0.3) is 0 Å². The minimum Gasteiger partial charge on any atom is -0.353 e. The van der Waals surface area contributed by atoms with Gasteiger partial charge in [-0.05, 0) is 36.8 Å². The maximum Gasteiger partial charge on any atom is 0.322 e. The van der Waals surface area contributed by atoms with Gasteiger partial charge in [-0.3, -0.25) is 14.7 Å². The van der Waals surface area contributed by atoms with Crippen molar-refractivity contribution in [2.75, 3.05) is 38.0 Å². The number of hydrogen-bond acceptors (Lipinski definition) is 5. The number of aryl methyl sites for hydroxylation is 1. The van der Waals surface area contributed by atoms with Crippen LogP contribution in [-0.4, -0.2) is 65.5 Å². The quantitative estimate of drug-likeness (QED) is 0.680. The average molecular weight is 396 g/mol. The smallest absolute Gasteiger partial charge is 0.322 e. The van der Waals surface area contributed by atoms with Crippen molar-refractivity contribution in [3.8, 4) is 0 Å². The number of pyridine rings is 1.